The largest absolute Gasteiger partial charge is 0.462 e. The quantitative estimate of drug-likeness (QED) is 0.0308. The molecule has 4 aliphatic rings. The number of likely N-dealkylation sites (tertiary alicyclic amines) is 1. The molecule has 0 unspecified atom stereocenters. The zero-order chi connectivity index (χ0) is 49.5. The van der Waals surface area contributed by atoms with Gasteiger partial charge < -0.3 is 55.6 Å². The van der Waals surface area contributed by atoms with E-state index in [1.807, 2.05) is 85.4 Å². The zero-order valence-electron chi connectivity index (χ0n) is 41.5. The van der Waals surface area contributed by atoms with E-state index in [1.165, 1.54) is 0 Å². The lowest BCUT2D eigenvalue weighted by atomic mass is 9.82. The van der Waals surface area contributed by atoms with E-state index in [4.69, 9.17) is 14.3 Å². The van der Waals surface area contributed by atoms with Crippen molar-refractivity contribution in [1.29, 1.82) is 0 Å². The highest BCUT2D eigenvalue weighted by molar-refractivity contribution is 6.45. The van der Waals surface area contributed by atoms with E-state index in [0.717, 1.165) is 125 Å². The SMILES string of the molecule is CCOC(=O)c1ccc(NC2CCN(B(C)O)CC2)cc1.CCOC(=O)c1ccc(NC2CCNCC2)cc1.CO/N=C(/c1ccccn1)C1CCN(C(=O)c2ccc(NC3CCNCC3)cc2)CC1. The van der Waals surface area contributed by atoms with Gasteiger partial charge in [-0.3, -0.25) is 9.78 Å². The van der Waals surface area contributed by atoms with Gasteiger partial charge in [0.15, 0.2) is 0 Å². The van der Waals surface area contributed by atoms with Gasteiger partial charge in [0.1, 0.15) is 12.8 Å². The van der Waals surface area contributed by atoms with Crippen LogP contribution in [0.1, 0.15) is 102 Å². The molecule has 4 saturated heterocycles. The summed E-state index contributed by atoms with van der Waals surface area (Å²) < 4.78 is 9.91. The summed E-state index contributed by atoms with van der Waals surface area (Å²) in [5.41, 5.74) is 6.78. The van der Waals surface area contributed by atoms with Crippen molar-refractivity contribution in [3.63, 3.8) is 0 Å². The number of esters is 2. The number of piperidine rings is 4. The first-order valence-electron chi connectivity index (χ1n) is 25.2. The second-order valence-corrected chi connectivity index (χ2v) is 18.0. The normalized spacial score (nSPS) is 17.4. The lowest BCUT2D eigenvalue weighted by molar-refractivity contribution is 0.0517. The maximum atomic E-state index is 13.0. The van der Waals surface area contributed by atoms with Gasteiger partial charge >= 0.3 is 19.0 Å². The second kappa shape index (κ2) is 28.6. The Hall–Kier alpha value is -6.01. The van der Waals surface area contributed by atoms with E-state index in [0.29, 0.717) is 55.6 Å². The predicted molar refractivity (Wildman–Crippen MR) is 279 cm³/mol. The molecule has 8 rings (SSSR count). The zero-order valence-corrected chi connectivity index (χ0v) is 41.5. The van der Waals surface area contributed by atoms with E-state index in [9.17, 15) is 19.4 Å². The van der Waals surface area contributed by atoms with Crippen LogP contribution in [0, 0.1) is 5.92 Å². The fourth-order valence-electron chi connectivity index (χ4n) is 9.08. The fraction of sp³-hybridized carbons (Fsp3) is 0.491. The summed E-state index contributed by atoms with van der Waals surface area (Å²) in [4.78, 5) is 49.6. The predicted octanol–water partition coefficient (Wildman–Crippen LogP) is 7.03. The Morgan fingerprint density at radius 1 is 0.643 bits per heavy atom. The molecule has 0 spiro atoms. The van der Waals surface area contributed by atoms with Crippen molar-refractivity contribution >= 4 is 47.7 Å². The molecule has 3 aromatic carbocycles. The Kier molecular flexibility index (Phi) is 21.8. The number of carbonyl (C=O) groups excluding carboxylic acids is 3. The highest BCUT2D eigenvalue weighted by atomic mass is 16.6. The Morgan fingerprint density at radius 3 is 1.49 bits per heavy atom. The third-order valence-electron chi connectivity index (χ3n) is 13.1. The fourth-order valence-corrected chi connectivity index (χ4v) is 9.08. The van der Waals surface area contributed by atoms with Crippen LogP contribution in [0.2, 0.25) is 6.82 Å². The number of hydrogen-bond donors (Lipinski definition) is 6. The molecule has 70 heavy (non-hydrogen) atoms. The van der Waals surface area contributed by atoms with E-state index in [1.54, 1.807) is 44.5 Å². The van der Waals surface area contributed by atoms with Gasteiger partial charge in [-0.15, -0.1) is 0 Å². The van der Waals surface area contributed by atoms with Crippen molar-refractivity contribution in [3.8, 4) is 0 Å². The van der Waals surface area contributed by atoms with Gasteiger partial charge in [0.25, 0.3) is 5.91 Å². The number of hydrogen-bond acceptors (Lipinski definition) is 15. The maximum absolute atomic E-state index is 13.0. The molecular weight excluding hydrogens is 885 g/mol. The van der Waals surface area contributed by atoms with Crippen molar-refractivity contribution in [3.05, 3.63) is 120 Å². The summed E-state index contributed by atoms with van der Waals surface area (Å²) in [6, 6.07) is 30.0. The molecule has 0 saturated carbocycles. The van der Waals surface area contributed by atoms with Gasteiger partial charge in [-0.25, -0.2) is 9.59 Å². The number of ether oxygens (including phenoxy) is 2. The first-order chi connectivity index (χ1) is 34.1. The van der Waals surface area contributed by atoms with Crippen LogP contribution in [0.25, 0.3) is 0 Å². The molecule has 0 aliphatic carbocycles. The van der Waals surface area contributed by atoms with Crippen LogP contribution in [0.4, 0.5) is 17.1 Å². The third kappa shape index (κ3) is 16.9. The molecule has 376 valence electrons. The van der Waals surface area contributed by atoms with Gasteiger partial charge in [-0.1, -0.05) is 11.2 Å². The van der Waals surface area contributed by atoms with Crippen LogP contribution in [0.5, 0.6) is 0 Å². The van der Waals surface area contributed by atoms with Gasteiger partial charge in [0, 0.05) is 66.0 Å². The van der Waals surface area contributed by atoms with E-state index in [2.05, 4.69) is 41.5 Å². The lowest BCUT2D eigenvalue weighted by Gasteiger charge is -2.33. The summed E-state index contributed by atoms with van der Waals surface area (Å²) in [5.74, 6) is -0.217. The van der Waals surface area contributed by atoms with Crippen LogP contribution in [0.15, 0.2) is 102 Å². The molecule has 4 fully saturated rings. The first-order valence-corrected chi connectivity index (χ1v) is 25.2. The lowest BCUT2D eigenvalue weighted by Crippen LogP contribution is -2.45. The average Bonchev–Trinajstić information content (AvgIpc) is 3.40. The van der Waals surface area contributed by atoms with Crippen LogP contribution in [-0.2, 0) is 14.3 Å². The van der Waals surface area contributed by atoms with Gasteiger partial charge in [0.05, 0.1) is 30.0 Å². The Morgan fingerprint density at radius 2 is 1.09 bits per heavy atom. The van der Waals surface area contributed by atoms with Crippen molar-refractivity contribution in [2.24, 2.45) is 11.1 Å². The molecule has 1 aromatic heterocycles. The number of nitrogens with one attached hydrogen (secondary N) is 5. The molecule has 6 N–H and O–H groups in total. The number of benzene rings is 3. The van der Waals surface area contributed by atoms with Crippen molar-refractivity contribution in [1.82, 2.24) is 25.3 Å². The number of pyridine rings is 1. The summed E-state index contributed by atoms with van der Waals surface area (Å²) in [6.45, 7) is 13.7. The summed E-state index contributed by atoms with van der Waals surface area (Å²) in [6.07, 6.45) is 10.0. The first kappa shape index (κ1) is 53.3. The molecule has 16 nitrogen and oxygen atoms in total. The Labute approximate surface area is 414 Å². The minimum atomic E-state index is -0.366. The molecule has 4 aromatic rings. The molecule has 0 atom stereocenters. The number of oxime groups is 1. The smallest absolute Gasteiger partial charge is 0.376 e. The minimum absolute atomic E-state index is 0.0925. The molecular formula is C53H74BN9O7. The van der Waals surface area contributed by atoms with Crippen molar-refractivity contribution in [2.75, 3.05) is 88.6 Å². The third-order valence-corrected chi connectivity index (χ3v) is 13.1. The highest BCUT2D eigenvalue weighted by Crippen LogP contribution is 2.25. The van der Waals surface area contributed by atoms with Gasteiger partial charge in [0.2, 0.25) is 0 Å². The van der Waals surface area contributed by atoms with Crippen molar-refractivity contribution in [2.45, 2.75) is 90.2 Å². The number of carbonyl (C=O) groups is 3. The van der Waals surface area contributed by atoms with Crippen LogP contribution in [-0.4, -0.2) is 141 Å². The van der Waals surface area contributed by atoms with E-state index < -0.39 is 0 Å². The molecule has 0 bridgehead atoms. The minimum Gasteiger partial charge on any atom is -0.462 e. The van der Waals surface area contributed by atoms with Gasteiger partial charge in [-0.2, -0.15) is 0 Å². The molecule has 5 heterocycles. The topological polar surface area (TPSA) is 191 Å². The standard InChI is InChI=1S/C24H31N5O2.C15H23BN2O3.C14H20N2O2/c1-31-28-23(22-4-2-3-13-26-22)18-11-16-29(17-12-18)24(30)19-5-7-20(8-6-19)27-21-9-14-25-15-10-21;1-3-21-15(19)12-4-6-13(7-5-12)17-14-8-10-18(11-9-14)16(2)20;1-2-18-14(17)11-3-5-12(6-4-11)16-13-7-9-15-10-8-13/h2-8,13,18,21,25,27H,9-12,14-17H2,1H3;4-7,14,17,20H,3,8-11H2,1-2H3;3-6,13,15-16H,2,7-10H2,1H3/b28-23+;;. The van der Waals surface area contributed by atoms with E-state index in [-0.39, 0.29) is 30.8 Å². The van der Waals surface area contributed by atoms with E-state index >= 15 is 0 Å². The number of amides is 1. The van der Waals surface area contributed by atoms with Crippen LogP contribution < -0.4 is 26.6 Å². The molecule has 0 radical (unpaired) electrons. The molecule has 17 heteroatoms. The number of aromatic nitrogens is 1. The molecule has 1 amide bonds. The highest BCUT2D eigenvalue weighted by Gasteiger charge is 2.29. The van der Waals surface area contributed by atoms with Gasteiger partial charge in [-0.05, 0) is 196 Å². The summed E-state index contributed by atoms with van der Waals surface area (Å²) in [7, 11) is 1.19. The Balaban J connectivity index is 0.000000181. The number of anilines is 3. The monoisotopic (exact) mass is 960 g/mol. The van der Waals surface area contributed by atoms with Crippen LogP contribution >= 0.6 is 0 Å². The van der Waals surface area contributed by atoms with Crippen LogP contribution in [0.3, 0.4) is 0 Å². The second-order valence-electron chi connectivity index (χ2n) is 18.0. The van der Waals surface area contributed by atoms with Crippen molar-refractivity contribution < 1.29 is 33.7 Å². The summed E-state index contributed by atoms with van der Waals surface area (Å²) in [5, 5.41) is 31.0. The number of rotatable bonds is 15. The summed E-state index contributed by atoms with van der Waals surface area (Å²) >= 11 is 0. The molecule has 4 aliphatic heterocycles. The number of nitrogens with zero attached hydrogens (tertiary/aromatic N) is 4. The average molecular weight is 960 g/mol. The maximum Gasteiger partial charge on any atom is 0.376 e. The Bertz CT molecular complexity index is 2190.